The minimum Gasteiger partial charge on any atom is -0.774 e. The van der Waals surface area contributed by atoms with Crippen molar-refractivity contribution in [2.24, 2.45) is 5.73 Å². The number of nitrogens with two attached hydrogens (primary N) is 1. The van der Waals surface area contributed by atoms with Gasteiger partial charge < -0.3 is 28.7 Å². The third-order valence-corrected chi connectivity index (χ3v) is 15.6. The molecule has 3 aromatic rings. The molecule has 2 heterocycles. The molecule has 1 atom stereocenters. The van der Waals surface area contributed by atoms with Gasteiger partial charge in [-0.2, -0.15) is 4.58 Å². The van der Waals surface area contributed by atoms with Crippen LogP contribution in [0, 0.1) is 0 Å². The fourth-order valence-electron chi connectivity index (χ4n) is 9.07. The SMILES string of the molecule is C=S(=O)([O-])c1ccc2c(c1)C(C)(C)C(C=CC1=C(Sc3ccc(CN)cc3)C(=CC=C3N(CCC[N+](C)(C)C)c4ccc(S(=O)(=O)[O-])cc4C3(C)C)CCC1)=[N+]2CCC[N+](C)(C)C. The number of rotatable bonds is 16. The Balaban J connectivity index is 1.48. The maximum atomic E-state index is 12.6. The third-order valence-electron chi connectivity index (χ3n) is 12.5. The number of nitrogens with zero attached hydrogens (tertiary/aromatic N) is 4. The third kappa shape index (κ3) is 11.2. The minimum atomic E-state index is -4.64. The first-order valence-electron chi connectivity index (χ1n) is 21.9. The second kappa shape index (κ2) is 18.2. The molecule has 3 aromatic carbocycles. The monoisotopic (exact) mass is 914 g/mol. The largest absolute Gasteiger partial charge is 0.774 e. The summed E-state index contributed by atoms with van der Waals surface area (Å²) in [6.45, 7) is 12.5. The predicted octanol–water partition coefficient (Wildman–Crippen LogP) is 8.22. The smallest absolute Gasteiger partial charge is 0.209 e. The van der Waals surface area contributed by atoms with E-state index in [4.69, 9.17) is 5.73 Å². The molecule has 340 valence electrons. The molecule has 63 heavy (non-hydrogen) atoms. The number of anilines is 1. The Bertz CT molecular complexity index is 2620. The fourth-order valence-corrected chi connectivity index (χ4v) is 11.2. The van der Waals surface area contributed by atoms with E-state index in [0.29, 0.717) is 6.54 Å². The van der Waals surface area contributed by atoms with Crippen LogP contribution in [0.15, 0.2) is 121 Å². The van der Waals surface area contributed by atoms with Gasteiger partial charge in [-0.3, -0.25) is 4.21 Å². The van der Waals surface area contributed by atoms with Gasteiger partial charge in [0.2, 0.25) is 5.69 Å². The van der Waals surface area contributed by atoms with Crippen LogP contribution in [0.25, 0.3) is 0 Å². The molecule has 0 aromatic heterocycles. The molecule has 6 rings (SSSR count). The van der Waals surface area contributed by atoms with Crippen LogP contribution in [-0.4, -0.2) is 115 Å². The highest BCUT2D eigenvalue weighted by molar-refractivity contribution is 8.03. The molecule has 2 aliphatic heterocycles. The summed E-state index contributed by atoms with van der Waals surface area (Å²) in [5.74, 6) is 3.46. The van der Waals surface area contributed by atoms with Crippen molar-refractivity contribution in [3.63, 3.8) is 0 Å². The van der Waals surface area contributed by atoms with Gasteiger partial charge in [-0.15, -0.1) is 0 Å². The van der Waals surface area contributed by atoms with Gasteiger partial charge in [-0.05, 0) is 104 Å². The first kappa shape index (κ1) is 48.7. The Hall–Kier alpha value is -3.79. The summed E-state index contributed by atoms with van der Waals surface area (Å²) in [6, 6.07) is 18.7. The molecule has 0 spiro atoms. The number of benzene rings is 3. The average molecular weight is 915 g/mol. The molecule has 1 aliphatic carbocycles. The van der Waals surface area contributed by atoms with Gasteiger partial charge in [-0.25, -0.2) is 8.42 Å². The molecule has 0 bridgehead atoms. The van der Waals surface area contributed by atoms with Crippen molar-refractivity contribution >= 4 is 54.6 Å². The molecule has 0 radical (unpaired) electrons. The van der Waals surface area contributed by atoms with Crippen LogP contribution >= 0.6 is 11.8 Å². The van der Waals surface area contributed by atoms with Crippen molar-refractivity contribution in [3.8, 4) is 0 Å². The number of thioether (sulfide) groups is 1. The van der Waals surface area contributed by atoms with Crippen molar-refractivity contribution in [1.29, 1.82) is 0 Å². The van der Waals surface area contributed by atoms with Crippen LogP contribution in [-0.2, 0) is 37.3 Å². The van der Waals surface area contributed by atoms with Crippen molar-refractivity contribution < 1.29 is 35.3 Å². The summed E-state index contributed by atoms with van der Waals surface area (Å²) in [5.41, 5.74) is 14.4. The van der Waals surface area contributed by atoms with Gasteiger partial charge >= 0.3 is 0 Å². The van der Waals surface area contributed by atoms with Gasteiger partial charge in [0, 0.05) is 68.7 Å². The highest BCUT2D eigenvalue weighted by Gasteiger charge is 2.45. The van der Waals surface area contributed by atoms with Crippen molar-refractivity contribution in [1.82, 2.24) is 0 Å². The topological polar surface area (TPSA) is 130 Å². The molecule has 0 saturated heterocycles. The highest BCUT2D eigenvalue weighted by atomic mass is 32.2. The molecule has 2 N–H and O–H groups in total. The van der Waals surface area contributed by atoms with E-state index >= 15 is 0 Å². The Labute approximate surface area is 382 Å². The number of allylic oxidation sites excluding steroid dienone is 7. The number of hydrogen-bond acceptors (Lipinski definition) is 8. The Kier molecular flexibility index (Phi) is 14.1. The Morgan fingerprint density at radius 1 is 0.810 bits per heavy atom. The summed E-state index contributed by atoms with van der Waals surface area (Å²) in [7, 11) is 4.86. The average Bonchev–Trinajstić information content (AvgIpc) is 3.52. The van der Waals surface area contributed by atoms with Crippen molar-refractivity contribution in [3.05, 3.63) is 123 Å². The zero-order valence-electron chi connectivity index (χ0n) is 39.0. The first-order valence-corrected chi connectivity index (χ1v) is 25.7. The van der Waals surface area contributed by atoms with Crippen LogP contribution in [0.4, 0.5) is 11.4 Å². The van der Waals surface area contributed by atoms with Crippen LogP contribution in [0.1, 0.15) is 76.5 Å². The van der Waals surface area contributed by atoms with Crippen LogP contribution in [0.2, 0.25) is 0 Å². The van der Waals surface area contributed by atoms with Gasteiger partial charge in [0.1, 0.15) is 10.1 Å². The fraction of sp³-hybridized carbons (Fsp3) is 0.440. The van der Waals surface area contributed by atoms with E-state index in [2.05, 4.69) is 134 Å². The summed E-state index contributed by atoms with van der Waals surface area (Å²) in [4.78, 5) is 4.62. The van der Waals surface area contributed by atoms with E-state index in [1.165, 1.54) is 22.1 Å². The molecular weight excluding hydrogens is 847 g/mol. The summed E-state index contributed by atoms with van der Waals surface area (Å²) in [5, 5.41) is 0. The number of hydrogen-bond donors (Lipinski definition) is 1. The van der Waals surface area contributed by atoms with Crippen LogP contribution in [0.3, 0.4) is 0 Å². The molecule has 0 saturated carbocycles. The Morgan fingerprint density at radius 3 is 2.06 bits per heavy atom. The minimum absolute atomic E-state index is 0.211. The standard InChI is InChI=1S/C50H68N5O5S3/c1-49(2)42-33-40(62(11,56)57)23-25-44(42)52(29-13-31-54(5,6)7)46(49)27-19-37-15-12-16-38(48(37)61-39-21-17-36(35-51)18-22-39)20-28-47-50(3,4)43-34-41(63(58,59)60)24-26-45(43)53(47)30-14-32-55(8,9)10/h17-28,33-34H,11-16,29-32,35,51H2,1-10H3/q+1. The molecule has 0 amide bonds. The summed E-state index contributed by atoms with van der Waals surface area (Å²) >= 11 is 1.76. The van der Waals surface area contributed by atoms with Gasteiger partial charge in [0.25, 0.3) is 0 Å². The van der Waals surface area contributed by atoms with E-state index in [9.17, 15) is 21.7 Å². The lowest BCUT2D eigenvalue weighted by Gasteiger charge is -2.29. The van der Waals surface area contributed by atoms with E-state index in [0.717, 1.165) is 112 Å². The van der Waals surface area contributed by atoms with Crippen LogP contribution < -0.4 is 10.6 Å². The molecular formula is C50H68N5O5S3+. The number of quaternary nitrogens is 2. The van der Waals surface area contributed by atoms with E-state index in [-0.39, 0.29) is 9.79 Å². The van der Waals surface area contributed by atoms with Crippen LogP contribution in [0.5, 0.6) is 0 Å². The van der Waals surface area contributed by atoms with E-state index in [1.54, 1.807) is 36.0 Å². The second-order valence-electron chi connectivity index (χ2n) is 20.3. The highest BCUT2D eigenvalue weighted by Crippen LogP contribution is 2.49. The predicted molar refractivity (Wildman–Crippen MR) is 260 cm³/mol. The van der Waals surface area contributed by atoms with E-state index in [1.807, 2.05) is 6.07 Å². The van der Waals surface area contributed by atoms with E-state index < -0.39 is 30.8 Å². The van der Waals surface area contributed by atoms with Crippen molar-refractivity contribution in [2.75, 3.05) is 73.4 Å². The zero-order chi connectivity index (χ0) is 46.3. The van der Waals surface area contributed by atoms with Crippen molar-refractivity contribution in [2.45, 2.75) is 91.9 Å². The number of fused-ring (bicyclic) bond motifs is 2. The summed E-state index contributed by atoms with van der Waals surface area (Å²) < 4.78 is 66.0. The second-order valence-corrected chi connectivity index (χ2v) is 24.5. The maximum Gasteiger partial charge on any atom is 0.209 e. The molecule has 13 heteroatoms. The van der Waals surface area contributed by atoms with Gasteiger partial charge in [-0.1, -0.05) is 65.6 Å². The zero-order valence-corrected chi connectivity index (χ0v) is 41.4. The summed E-state index contributed by atoms with van der Waals surface area (Å²) in [6.07, 6.45) is 13.6. The lowest BCUT2D eigenvalue weighted by atomic mass is 9.81. The maximum absolute atomic E-state index is 12.6. The normalized spacial score (nSPS) is 20.0. The lowest BCUT2D eigenvalue weighted by Crippen LogP contribution is -2.37. The first-order chi connectivity index (χ1) is 29.2. The molecule has 0 fully saturated rings. The molecule has 1 unspecified atom stereocenters. The molecule has 10 nitrogen and oxygen atoms in total. The lowest BCUT2D eigenvalue weighted by molar-refractivity contribution is -0.871. The Morgan fingerprint density at radius 2 is 1.44 bits per heavy atom. The van der Waals surface area contributed by atoms with Gasteiger partial charge in [0.05, 0.1) is 72.1 Å². The quantitative estimate of drug-likeness (QED) is 0.0659. The van der Waals surface area contributed by atoms with Gasteiger partial charge in [0.15, 0.2) is 12.3 Å². The molecule has 3 aliphatic rings.